The second kappa shape index (κ2) is 8.89. The maximum absolute atomic E-state index is 13.8. The molecule has 26 heavy (non-hydrogen) atoms. The molecular formula is C22H26FN3. The molecule has 3 nitrogen and oxygen atoms in total. The van der Waals surface area contributed by atoms with Crippen molar-refractivity contribution in [2.45, 2.75) is 64.2 Å². The molecule has 0 N–H and O–H groups in total. The maximum Gasteiger partial charge on any atom is 0.159 e. The molecule has 1 fully saturated rings. The van der Waals surface area contributed by atoms with Gasteiger partial charge in [-0.1, -0.05) is 32.6 Å². The summed E-state index contributed by atoms with van der Waals surface area (Å²) >= 11 is 0. The van der Waals surface area contributed by atoms with Gasteiger partial charge in [-0.05, 0) is 61.3 Å². The highest BCUT2D eigenvalue weighted by Crippen LogP contribution is 2.37. The maximum atomic E-state index is 13.8. The molecule has 136 valence electrons. The van der Waals surface area contributed by atoms with Crippen LogP contribution in [0.15, 0.2) is 30.6 Å². The molecule has 0 bridgehead atoms. The van der Waals surface area contributed by atoms with Gasteiger partial charge in [0.15, 0.2) is 5.82 Å². The van der Waals surface area contributed by atoms with Crippen molar-refractivity contribution in [2.24, 2.45) is 5.92 Å². The first kappa shape index (κ1) is 18.5. The number of hydrogen-bond donors (Lipinski definition) is 0. The summed E-state index contributed by atoms with van der Waals surface area (Å²) in [6.07, 6.45) is 14.2. The molecule has 1 heterocycles. The average molecular weight is 351 g/mol. The molecule has 0 radical (unpaired) electrons. The van der Waals surface area contributed by atoms with Gasteiger partial charge in [0, 0.05) is 18.0 Å². The van der Waals surface area contributed by atoms with Crippen molar-refractivity contribution >= 4 is 0 Å². The van der Waals surface area contributed by atoms with Crippen LogP contribution in [0, 0.1) is 23.1 Å². The Kier molecular flexibility index (Phi) is 6.33. The van der Waals surface area contributed by atoms with Crippen molar-refractivity contribution in [3.05, 3.63) is 47.5 Å². The number of nitriles is 1. The van der Waals surface area contributed by atoms with Crippen molar-refractivity contribution in [1.29, 1.82) is 5.26 Å². The molecule has 1 aliphatic carbocycles. The minimum absolute atomic E-state index is 0.0427. The number of aromatic nitrogens is 2. The Hall–Kier alpha value is -2.28. The first-order valence-electron chi connectivity index (χ1n) is 9.73. The van der Waals surface area contributed by atoms with Crippen LogP contribution >= 0.6 is 0 Å². The van der Waals surface area contributed by atoms with Crippen LogP contribution in [0.4, 0.5) is 4.39 Å². The summed E-state index contributed by atoms with van der Waals surface area (Å²) < 4.78 is 13.8. The Balaban J connectivity index is 1.60. The van der Waals surface area contributed by atoms with Gasteiger partial charge in [-0.2, -0.15) is 5.26 Å². The summed E-state index contributed by atoms with van der Waals surface area (Å²) in [5, 5.41) is 8.82. The zero-order chi connectivity index (χ0) is 18.4. The summed E-state index contributed by atoms with van der Waals surface area (Å²) in [6, 6.07) is 6.32. The number of rotatable bonds is 6. The largest absolute Gasteiger partial charge is 0.236 e. The van der Waals surface area contributed by atoms with Gasteiger partial charge in [-0.25, -0.2) is 14.4 Å². The number of nitrogens with zero attached hydrogens (tertiary/aromatic N) is 3. The second-order valence-corrected chi connectivity index (χ2v) is 7.36. The molecule has 2 aromatic rings. The van der Waals surface area contributed by atoms with E-state index in [-0.39, 0.29) is 5.56 Å². The molecule has 0 aliphatic heterocycles. The van der Waals surface area contributed by atoms with Crippen LogP contribution in [0.5, 0.6) is 0 Å². The third-order valence-corrected chi connectivity index (χ3v) is 5.55. The van der Waals surface area contributed by atoms with E-state index >= 15 is 0 Å². The fourth-order valence-electron chi connectivity index (χ4n) is 3.91. The van der Waals surface area contributed by atoms with Crippen molar-refractivity contribution in [2.75, 3.05) is 0 Å². The van der Waals surface area contributed by atoms with Crippen molar-refractivity contribution in [1.82, 2.24) is 9.97 Å². The third-order valence-electron chi connectivity index (χ3n) is 5.55. The molecular weight excluding hydrogens is 325 g/mol. The predicted octanol–water partition coefficient (Wildman–Crippen LogP) is 6.01. The SMILES string of the molecule is CCCCCC1CCC(c2cnc(-c3ccc(C#N)c(F)c3)nc2)CC1. The first-order valence-corrected chi connectivity index (χ1v) is 9.73. The summed E-state index contributed by atoms with van der Waals surface area (Å²) in [5.74, 6) is 1.41. The van der Waals surface area contributed by atoms with E-state index in [2.05, 4.69) is 16.9 Å². The molecule has 1 aromatic carbocycles. The van der Waals surface area contributed by atoms with E-state index in [1.54, 1.807) is 6.07 Å². The zero-order valence-electron chi connectivity index (χ0n) is 15.4. The Bertz CT molecular complexity index is 756. The van der Waals surface area contributed by atoms with E-state index in [0.717, 1.165) is 5.92 Å². The van der Waals surface area contributed by atoms with E-state index in [1.165, 1.54) is 69.1 Å². The number of unbranched alkanes of at least 4 members (excludes halogenated alkanes) is 2. The van der Waals surface area contributed by atoms with Crippen LogP contribution in [0.3, 0.4) is 0 Å². The van der Waals surface area contributed by atoms with Gasteiger partial charge in [0.2, 0.25) is 0 Å². The lowest BCUT2D eigenvalue weighted by Crippen LogP contribution is -2.14. The first-order chi connectivity index (χ1) is 12.7. The van der Waals surface area contributed by atoms with Gasteiger partial charge in [0.1, 0.15) is 11.9 Å². The molecule has 1 aliphatic rings. The van der Waals surface area contributed by atoms with Crippen LogP contribution in [0.2, 0.25) is 0 Å². The quantitative estimate of drug-likeness (QED) is 0.599. The summed E-state index contributed by atoms with van der Waals surface area (Å²) in [6.45, 7) is 2.26. The molecule has 3 rings (SSSR count). The monoisotopic (exact) mass is 351 g/mol. The predicted molar refractivity (Wildman–Crippen MR) is 101 cm³/mol. The highest BCUT2D eigenvalue weighted by atomic mass is 19.1. The van der Waals surface area contributed by atoms with Gasteiger partial charge in [-0.15, -0.1) is 0 Å². The second-order valence-electron chi connectivity index (χ2n) is 7.36. The lowest BCUT2D eigenvalue weighted by atomic mass is 9.77. The highest BCUT2D eigenvalue weighted by molar-refractivity contribution is 5.56. The van der Waals surface area contributed by atoms with E-state index < -0.39 is 5.82 Å². The Morgan fingerprint density at radius 2 is 1.85 bits per heavy atom. The highest BCUT2D eigenvalue weighted by Gasteiger charge is 2.22. The molecule has 0 saturated heterocycles. The van der Waals surface area contributed by atoms with E-state index in [4.69, 9.17) is 5.26 Å². The van der Waals surface area contributed by atoms with Crippen LogP contribution in [-0.4, -0.2) is 9.97 Å². The Morgan fingerprint density at radius 1 is 1.12 bits per heavy atom. The number of hydrogen-bond acceptors (Lipinski definition) is 3. The molecule has 0 spiro atoms. The normalized spacial score (nSPS) is 19.9. The Labute approximate surface area is 155 Å². The fraction of sp³-hybridized carbons (Fsp3) is 0.500. The number of benzene rings is 1. The van der Waals surface area contributed by atoms with E-state index in [1.807, 2.05) is 18.5 Å². The third kappa shape index (κ3) is 4.46. The molecule has 1 saturated carbocycles. The molecule has 1 aromatic heterocycles. The standard InChI is InChI=1S/C22H26FN3/c1-2-3-4-5-16-6-8-17(9-7-16)20-14-25-22(26-15-20)18-10-11-19(13-24)21(23)12-18/h10-12,14-17H,2-9H2,1H3. The van der Waals surface area contributed by atoms with Gasteiger partial charge < -0.3 is 0 Å². The van der Waals surface area contributed by atoms with E-state index in [9.17, 15) is 4.39 Å². The van der Waals surface area contributed by atoms with Crippen LogP contribution in [0.1, 0.15) is 75.3 Å². The van der Waals surface area contributed by atoms with Crippen molar-refractivity contribution < 1.29 is 4.39 Å². The minimum atomic E-state index is -0.529. The fourth-order valence-corrected chi connectivity index (χ4v) is 3.91. The van der Waals surface area contributed by atoms with E-state index in [0.29, 0.717) is 17.3 Å². The van der Waals surface area contributed by atoms with Crippen molar-refractivity contribution in [3.8, 4) is 17.5 Å². The molecule has 0 unspecified atom stereocenters. The van der Waals surface area contributed by atoms with Gasteiger partial charge in [-0.3, -0.25) is 0 Å². The summed E-state index contributed by atoms with van der Waals surface area (Å²) in [7, 11) is 0. The van der Waals surface area contributed by atoms with Crippen LogP contribution in [-0.2, 0) is 0 Å². The van der Waals surface area contributed by atoms with Gasteiger partial charge in [0.05, 0.1) is 5.56 Å². The van der Waals surface area contributed by atoms with Gasteiger partial charge in [0.25, 0.3) is 0 Å². The lowest BCUT2D eigenvalue weighted by molar-refractivity contribution is 0.302. The Morgan fingerprint density at radius 3 is 2.46 bits per heavy atom. The molecule has 0 atom stereocenters. The van der Waals surface area contributed by atoms with Gasteiger partial charge >= 0.3 is 0 Å². The summed E-state index contributed by atoms with van der Waals surface area (Å²) in [4.78, 5) is 8.88. The smallest absolute Gasteiger partial charge is 0.159 e. The number of halogens is 1. The lowest BCUT2D eigenvalue weighted by Gasteiger charge is -2.28. The topological polar surface area (TPSA) is 49.6 Å². The average Bonchev–Trinajstić information content (AvgIpc) is 2.69. The molecule has 4 heteroatoms. The summed E-state index contributed by atoms with van der Waals surface area (Å²) in [5.41, 5.74) is 1.84. The van der Waals surface area contributed by atoms with Crippen molar-refractivity contribution in [3.63, 3.8) is 0 Å². The zero-order valence-corrected chi connectivity index (χ0v) is 15.4. The van der Waals surface area contributed by atoms with Crippen LogP contribution < -0.4 is 0 Å². The molecule has 0 amide bonds. The van der Waals surface area contributed by atoms with Crippen LogP contribution in [0.25, 0.3) is 11.4 Å². The minimum Gasteiger partial charge on any atom is -0.236 e.